The van der Waals surface area contributed by atoms with Gasteiger partial charge in [-0.15, -0.1) is 11.3 Å². The SMILES string of the molecule is CC1CCCC(NS(=O)(=O)c2csc(CNC(C)C)c2)C1. The lowest BCUT2D eigenvalue weighted by molar-refractivity contribution is 0.327. The smallest absolute Gasteiger partial charge is 0.241 e. The summed E-state index contributed by atoms with van der Waals surface area (Å²) in [7, 11) is -3.37. The quantitative estimate of drug-likeness (QED) is 0.842. The Balaban J connectivity index is 1.98. The molecule has 0 radical (unpaired) electrons. The van der Waals surface area contributed by atoms with Crippen LogP contribution in [0.15, 0.2) is 16.3 Å². The van der Waals surface area contributed by atoms with Gasteiger partial charge in [0.25, 0.3) is 0 Å². The standard InChI is InChI=1S/C15H26N2O2S2/c1-11(2)16-9-14-8-15(10-20-14)21(18,19)17-13-6-4-5-12(3)7-13/h8,10-13,16-17H,4-7,9H2,1-3H3. The van der Waals surface area contributed by atoms with E-state index in [-0.39, 0.29) is 6.04 Å². The lowest BCUT2D eigenvalue weighted by Crippen LogP contribution is -2.37. The summed E-state index contributed by atoms with van der Waals surface area (Å²) < 4.78 is 27.7. The maximum atomic E-state index is 12.4. The second-order valence-corrected chi connectivity index (χ2v) is 9.08. The Kier molecular flexibility index (Phi) is 5.82. The Morgan fingerprint density at radius 2 is 2.14 bits per heavy atom. The number of nitrogens with one attached hydrogen (secondary N) is 2. The topological polar surface area (TPSA) is 58.2 Å². The van der Waals surface area contributed by atoms with E-state index >= 15 is 0 Å². The molecule has 1 aliphatic rings. The number of thiophene rings is 1. The molecule has 1 heterocycles. The van der Waals surface area contributed by atoms with Crippen molar-refractivity contribution < 1.29 is 8.42 Å². The Bertz CT molecular complexity index is 552. The average molecular weight is 331 g/mol. The predicted octanol–water partition coefficient (Wildman–Crippen LogP) is 3.10. The van der Waals surface area contributed by atoms with Gasteiger partial charge in [-0.3, -0.25) is 0 Å². The van der Waals surface area contributed by atoms with E-state index in [0.29, 0.717) is 16.9 Å². The van der Waals surface area contributed by atoms with E-state index in [1.165, 1.54) is 17.8 Å². The number of sulfonamides is 1. The van der Waals surface area contributed by atoms with Gasteiger partial charge < -0.3 is 5.32 Å². The van der Waals surface area contributed by atoms with Crippen molar-refractivity contribution in [2.24, 2.45) is 5.92 Å². The Hall–Kier alpha value is -0.430. The minimum atomic E-state index is -3.37. The van der Waals surface area contributed by atoms with Crippen LogP contribution in [0.1, 0.15) is 51.3 Å². The summed E-state index contributed by atoms with van der Waals surface area (Å²) in [5, 5.41) is 5.05. The molecule has 0 aliphatic heterocycles. The third-order valence-corrected chi connectivity index (χ3v) is 6.47. The van der Waals surface area contributed by atoms with Crippen LogP contribution in [0.5, 0.6) is 0 Å². The molecule has 4 nitrogen and oxygen atoms in total. The molecule has 1 aliphatic carbocycles. The average Bonchev–Trinajstić information content (AvgIpc) is 2.85. The summed E-state index contributed by atoms with van der Waals surface area (Å²) in [6.45, 7) is 7.08. The summed E-state index contributed by atoms with van der Waals surface area (Å²) in [6.07, 6.45) is 4.23. The van der Waals surface area contributed by atoms with Crippen molar-refractivity contribution in [1.29, 1.82) is 0 Å². The summed E-state index contributed by atoms with van der Waals surface area (Å²) in [5.41, 5.74) is 0. The van der Waals surface area contributed by atoms with Gasteiger partial charge in [-0.25, -0.2) is 13.1 Å². The molecule has 6 heteroatoms. The highest BCUT2D eigenvalue weighted by molar-refractivity contribution is 7.89. The van der Waals surface area contributed by atoms with E-state index in [2.05, 4.69) is 30.8 Å². The minimum Gasteiger partial charge on any atom is -0.310 e. The number of hydrogen-bond donors (Lipinski definition) is 2. The molecule has 1 aromatic rings. The molecule has 0 saturated heterocycles. The van der Waals surface area contributed by atoms with Gasteiger partial charge in [-0.1, -0.05) is 33.6 Å². The normalized spacial score (nSPS) is 23.6. The molecule has 0 spiro atoms. The largest absolute Gasteiger partial charge is 0.310 e. The van der Waals surface area contributed by atoms with E-state index < -0.39 is 10.0 Å². The highest BCUT2D eigenvalue weighted by atomic mass is 32.2. The van der Waals surface area contributed by atoms with Crippen LogP contribution < -0.4 is 10.0 Å². The molecule has 0 amide bonds. The van der Waals surface area contributed by atoms with Crippen LogP contribution in [0.25, 0.3) is 0 Å². The van der Waals surface area contributed by atoms with Gasteiger partial charge in [-0.2, -0.15) is 0 Å². The first-order chi connectivity index (χ1) is 9.87. The zero-order valence-corrected chi connectivity index (χ0v) is 14.7. The van der Waals surface area contributed by atoms with Gasteiger partial charge in [-0.05, 0) is 24.8 Å². The third kappa shape index (κ3) is 5.06. The van der Waals surface area contributed by atoms with Crippen LogP contribution in [0.4, 0.5) is 0 Å². The molecule has 120 valence electrons. The first-order valence-corrected chi connectivity index (χ1v) is 10.1. The number of hydrogen-bond acceptors (Lipinski definition) is 4. The van der Waals surface area contributed by atoms with Crippen LogP contribution in [0.2, 0.25) is 0 Å². The van der Waals surface area contributed by atoms with Crippen LogP contribution >= 0.6 is 11.3 Å². The molecule has 2 atom stereocenters. The highest BCUT2D eigenvalue weighted by Crippen LogP contribution is 2.26. The minimum absolute atomic E-state index is 0.0934. The van der Waals surface area contributed by atoms with E-state index in [4.69, 9.17) is 0 Å². The molecule has 0 bridgehead atoms. The van der Waals surface area contributed by atoms with Crippen molar-refractivity contribution >= 4 is 21.4 Å². The van der Waals surface area contributed by atoms with Gasteiger partial charge in [0, 0.05) is 28.9 Å². The fourth-order valence-electron chi connectivity index (χ4n) is 2.73. The van der Waals surface area contributed by atoms with Crippen molar-refractivity contribution in [1.82, 2.24) is 10.0 Å². The molecular formula is C15H26N2O2S2. The van der Waals surface area contributed by atoms with E-state index in [1.54, 1.807) is 11.4 Å². The van der Waals surface area contributed by atoms with E-state index in [9.17, 15) is 8.42 Å². The molecule has 2 unspecified atom stereocenters. The van der Waals surface area contributed by atoms with Crippen LogP contribution in [-0.4, -0.2) is 20.5 Å². The zero-order valence-electron chi connectivity index (χ0n) is 13.1. The monoisotopic (exact) mass is 330 g/mol. The van der Waals surface area contributed by atoms with Gasteiger partial charge >= 0.3 is 0 Å². The maximum absolute atomic E-state index is 12.4. The van der Waals surface area contributed by atoms with Crippen molar-refractivity contribution in [3.8, 4) is 0 Å². The highest BCUT2D eigenvalue weighted by Gasteiger charge is 2.25. The Labute approximate surface area is 132 Å². The van der Waals surface area contributed by atoms with Gasteiger partial charge in [0.15, 0.2) is 0 Å². The van der Waals surface area contributed by atoms with Crippen LogP contribution in [0, 0.1) is 5.92 Å². The van der Waals surface area contributed by atoms with Crippen LogP contribution in [0.3, 0.4) is 0 Å². The van der Waals surface area contributed by atoms with Gasteiger partial charge in [0.05, 0.1) is 4.90 Å². The molecule has 21 heavy (non-hydrogen) atoms. The first kappa shape index (κ1) is 16.9. The second kappa shape index (κ2) is 7.22. The Morgan fingerprint density at radius 1 is 1.38 bits per heavy atom. The van der Waals surface area contributed by atoms with Crippen molar-refractivity contribution in [3.63, 3.8) is 0 Å². The lowest BCUT2D eigenvalue weighted by Gasteiger charge is -2.27. The molecule has 1 saturated carbocycles. The maximum Gasteiger partial charge on any atom is 0.241 e. The van der Waals surface area contributed by atoms with Crippen molar-refractivity contribution in [2.45, 2.75) is 70.0 Å². The second-order valence-electron chi connectivity index (χ2n) is 6.37. The van der Waals surface area contributed by atoms with E-state index in [0.717, 1.165) is 30.7 Å². The Morgan fingerprint density at radius 3 is 2.81 bits per heavy atom. The van der Waals surface area contributed by atoms with Gasteiger partial charge in [0.1, 0.15) is 0 Å². The molecule has 2 rings (SSSR count). The molecular weight excluding hydrogens is 304 g/mol. The van der Waals surface area contributed by atoms with Crippen molar-refractivity contribution in [3.05, 3.63) is 16.3 Å². The zero-order chi connectivity index (χ0) is 15.5. The first-order valence-electron chi connectivity index (χ1n) is 7.70. The van der Waals surface area contributed by atoms with Crippen molar-refractivity contribution in [2.75, 3.05) is 0 Å². The summed E-state index contributed by atoms with van der Waals surface area (Å²) in [6, 6.07) is 2.28. The van der Waals surface area contributed by atoms with Gasteiger partial charge in [0.2, 0.25) is 10.0 Å². The molecule has 0 aromatic carbocycles. The number of rotatable bonds is 6. The lowest BCUT2D eigenvalue weighted by atomic mass is 9.88. The van der Waals surface area contributed by atoms with E-state index in [1.807, 2.05) is 0 Å². The fraction of sp³-hybridized carbons (Fsp3) is 0.733. The third-order valence-electron chi connectivity index (χ3n) is 3.88. The summed E-state index contributed by atoms with van der Waals surface area (Å²) in [5.74, 6) is 0.611. The molecule has 2 N–H and O–H groups in total. The summed E-state index contributed by atoms with van der Waals surface area (Å²) in [4.78, 5) is 1.47. The van der Waals surface area contributed by atoms with Crippen LogP contribution in [-0.2, 0) is 16.6 Å². The predicted molar refractivity (Wildman–Crippen MR) is 88.0 cm³/mol. The summed E-state index contributed by atoms with van der Waals surface area (Å²) >= 11 is 1.50. The fourth-order valence-corrected chi connectivity index (χ4v) is 5.24. The molecule has 1 fully saturated rings. The molecule has 1 aromatic heterocycles.